The summed E-state index contributed by atoms with van der Waals surface area (Å²) in [6, 6.07) is 7.67. The van der Waals surface area contributed by atoms with Crippen molar-refractivity contribution in [2.45, 2.75) is 6.92 Å². The van der Waals surface area contributed by atoms with Gasteiger partial charge in [-0.15, -0.1) is 0 Å². The lowest BCUT2D eigenvalue weighted by molar-refractivity contribution is 0.101. The van der Waals surface area contributed by atoms with Crippen molar-refractivity contribution in [3.05, 3.63) is 48.0 Å². The maximum absolute atomic E-state index is 11.8. The average molecular weight is 215 g/mol. The third-order valence-corrected chi connectivity index (χ3v) is 2.36. The summed E-state index contributed by atoms with van der Waals surface area (Å²) in [4.78, 5) is 15.7. The number of rotatable bonds is 2. The highest BCUT2D eigenvalue weighted by atomic mass is 16.1. The largest absolute Gasteiger partial charge is 0.330 e. The second-order valence-corrected chi connectivity index (χ2v) is 3.71. The van der Waals surface area contributed by atoms with Gasteiger partial charge in [0.25, 0.3) is 5.91 Å². The van der Waals surface area contributed by atoms with Crippen LogP contribution in [0.5, 0.6) is 0 Å². The second kappa shape index (κ2) is 4.18. The molecule has 0 unspecified atom stereocenters. The van der Waals surface area contributed by atoms with Gasteiger partial charge in [0.15, 0.2) is 0 Å². The van der Waals surface area contributed by atoms with Gasteiger partial charge in [-0.05, 0) is 19.1 Å². The first-order valence-corrected chi connectivity index (χ1v) is 5.01. The Morgan fingerprint density at radius 3 is 2.56 bits per heavy atom. The molecule has 0 saturated carbocycles. The van der Waals surface area contributed by atoms with Gasteiger partial charge in [-0.3, -0.25) is 4.79 Å². The van der Waals surface area contributed by atoms with Crippen LogP contribution in [0.3, 0.4) is 0 Å². The van der Waals surface area contributed by atoms with E-state index in [0.717, 1.165) is 5.69 Å². The third-order valence-electron chi connectivity index (χ3n) is 2.36. The molecule has 1 amide bonds. The van der Waals surface area contributed by atoms with E-state index in [2.05, 4.69) is 10.3 Å². The molecule has 0 fully saturated rings. The topological polar surface area (TPSA) is 46.9 Å². The number of anilines is 1. The maximum Gasteiger partial charge on any atom is 0.273 e. The van der Waals surface area contributed by atoms with Crippen LogP contribution < -0.4 is 5.32 Å². The molecule has 1 aromatic carbocycles. The van der Waals surface area contributed by atoms with Crippen molar-refractivity contribution in [2.24, 2.45) is 7.05 Å². The fourth-order valence-corrected chi connectivity index (χ4v) is 1.41. The highest BCUT2D eigenvalue weighted by Gasteiger charge is 2.09. The summed E-state index contributed by atoms with van der Waals surface area (Å²) in [6.07, 6.45) is 3.15. The summed E-state index contributed by atoms with van der Waals surface area (Å²) in [6.45, 7) is 2.01. The van der Waals surface area contributed by atoms with Crippen LogP contribution in [0.1, 0.15) is 16.1 Å². The molecule has 0 bridgehead atoms. The van der Waals surface area contributed by atoms with Gasteiger partial charge < -0.3 is 9.88 Å². The Hall–Kier alpha value is -2.10. The monoisotopic (exact) mass is 215 g/mol. The summed E-state index contributed by atoms with van der Waals surface area (Å²) in [5.74, 6) is -0.149. The molecular formula is C12H13N3O. The van der Waals surface area contributed by atoms with Crippen molar-refractivity contribution in [1.29, 1.82) is 0 Å². The number of hydrogen-bond donors (Lipinski definition) is 1. The van der Waals surface area contributed by atoms with Crippen LogP contribution in [-0.2, 0) is 7.05 Å². The van der Waals surface area contributed by atoms with Gasteiger partial charge in [0.1, 0.15) is 5.69 Å². The molecule has 1 N–H and O–H groups in total. The molecule has 0 atom stereocenters. The van der Waals surface area contributed by atoms with Crippen LogP contribution in [0, 0.1) is 6.92 Å². The Morgan fingerprint density at radius 2 is 2.00 bits per heavy atom. The van der Waals surface area contributed by atoms with Gasteiger partial charge in [-0.1, -0.05) is 17.7 Å². The van der Waals surface area contributed by atoms with Gasteiger partial charge in [-0.2, -0.15) is 0 Å². The molecule has 0 saturated heterocycles. The molecule has 2 rings (SSSR count). The molecule has 4 nitrogen and oxygen atoms in total. The average Bonchev–Trinajstić information content (AvgIpc) is 2.68. The van der Waals surface area contributed by atoms with E-state index in [1.165, 1.54) is 5.56 Å². The number of aryl methyl sites for hydroxylation is 2. The Labute approximate surface area is 93.9 Å². The van der Waals surface area contributed by atoms with E-state index in [1.54, 1.807) is 24.1 Å². The van der Waals surface area contributed by atoms with Crippen molar-refractivity contribution in [1.82, 2.24) is 9.55 Å². The first-order chi connectivity index (χ1) is 7.66. The Balaban J connectivity index is 2.14. The van der Waals surface area contributed by atoms with Gasteiger partial charge >= 0.3 is 0 Å². The van der Waals surface area contributed by atoms with E-state index in [0.29, 0.717) is 5.69 Å². The molecule has 2 aromatic rings. The third kappa shape index (κ3) is 2.11. The standard InChI is InChI=1S/C12H13N3O/c1-9-3-5-10(6-4-9)14-12(16)11-7-13-8-15(11)2/h3-8H,1-2H3,(H,14,16). The number of benzene rings is 1. The lowest BCUT2D eigenvalue weighted by Crippen LogP contribution is -2.15. The van der Waals surface area contributed by atoms with Gasteiger partial charge in [0, 0.05) is 12.7 Å². The predicted octanol–water partition coefficient (Wildman–Crippen LogP) is 1.98. The van der Waals surface area contributed by atoms with Crippen LogP contribution >= 0.6 is 0 Å². The molecule has 4 heteroatoms. The SMILES string of the molecule is Cc1ccc(NC(=O)c2cncn2C)cc1. The lowest BCUT2D eigenvalue weighted by Gasteiger charge is -2.05. The van der Waals surface area contributed by atoms with E-state index >= 15 is 0 Å². The number of nitrogens with zero attached hydrogens (tertiary/aromatic N) is 2. The smallest absolute Gasteiger partial charge is 0.273 e. The van der Waals surface area contributed by atoms with E-state index in [-0.39, 0.29) is 5.91 Å². The number of amides is 1. The number of carbonyl (C=O) groups is 1. The summed E-state index contributed by atoms with van der Waals surface area (Å²) in [5.41, 5.74) is 2.50. The summed E-state index contributed by atoms with van der Waals surface area (Å²) >= 11 is 0. The fraction of sp³-hybridized carbons (Fsp3) is 0.167. The molecule has 0 aliphatic carbocycles. The van der Waals surface area contributed by atoms with E-state index in [9.17, 15) is 4.79 Å². The summed E-state index contributed by atoms with van der Waals surface area (Å²) < 4.78 is 1.68. The van der Waals surface area contributed by atoms with Crippen molar-refractivity contribution < 1.29 is 4.79 Å². The number of imidazole rings is 1. The lowest BCUT2D eigenvalue weighted by atomic mass is 10.2. The van der Waals surface area contributed by atoms with Gasteiger partial charge in [0.05, 0.1) is 12.5 Å². The number of aromatic nitrogens is 2. The van der Waals surface area contributed by atoms with Crippen molar-refractivity contribution in [3.8, 4) is 0 Å². The first-order valence-electron chi connectivity index (χ1n) is 5.01. The molecular weight excluding hydrogens is 202 g/mol. The zero-order chi connectivity index (χ0) is 11.5. The molecule has 0 aliphatic heterocycles. The Bertz CT molecular complexity index is 499. The van der Waals surface area contributed by atoms with Gasteiger partial charge in [0.2, 0.25) is 0 Å². The molecule has 1 heterocycles. The quantitative estimate of drug-likeness (QED) is 0.832. The zero-order valence-electron chi connectivity index (χ0n) is 9.27. The van der Waals surface area contributed by atoms with E-state index in [1.807, 2.05) is 31.2 Å². The van der Waals surface area contributed by atoms with E-state index < -0.39 is 0 Å². The van der Waals surface area contributed by atoms with Crippen LogP contribution in [0.15, 0.2) is 36.8 Å². The molecule has 16 heavy (non-hydrogen) atoms. The molecule has 82 valence electrons. The number of carbonyl (C=O) groups excluding carboxylic acids is 1. The second-order valence-electron chi connectivity index (χ2n) is 3.71. The highest BCUT2D eigenvalue weighted by Crippen LogP contribution is 2.10. The minimum absolute atomic E-state index is 0.149. The van der Waals surface area contributed by atoms with Crippen molar-refractivity contribution in [3.63, 3.8) is 0 Å². The first kappa shape index (κ1) is 10.4. The Morgan fingerprint density at radius 1 is 1.31 bits per heavy atom. The predicted molar refractivity (Wildman–Crippen MR) is 62.3 cm³/mol. The maximum atomic E-state index is 11.8. The minimum Gasteiger partial charge on any atom is -0.330 e. The van der Waals surface area contributed by atoms with Crippen LogP contribution in [0.4, 0.5) is 5.69 Å². The van der Waals surface area contributed by atoms with Crippen LogP contribution in [0.2, 0.25) is 0 Å². The number of nitrogens with one attached hydrogen (secondary N) is 1. The summed E-state index contributed by atoms with van der Waals surface area (Å²) in [7, 11) is 1.79. The fourth-order valence-electron chi connectivity index (χ4n) is 1.41. The molecule has 1 aromatic heterocycles. The van der Waals surface area contributed by atoms with E-state index in [4.69, 9.17) is 0 Å². The highest BCUT2D eigenvalue weighted by molar-refractivity contribution is 6.02. The molecule has 0 radical (unpaired) electrons. The Kier molecular flexibility index (Phi) is 2.72. The molecule has 0 spiro atoms. The van der Waals surface area contributed by atoms with Crippen LogP contribution in [0.25, 0.3) is 0 Å². The van der Waals surface area contributed by atoms with Gasteiger partial charge in [-0.25, -0.2) is 4.98 Å². The molecule has 0 aliphatic rings. The summed E-state index contributed by atoms with van der Waals surface area (Å²) in [5, 5.41) is 2.81. The zero-order valence-corrected chi connectivity index (χ0v) is 9.27. The normalized spacial score (nSPS) is 10.1. The minimum atomic E-state index is -0.149. The van der Waals surface area contributed by atoms with Crippen LogP contribution in [-0.4, -0.2) is 15.5 Å². The number of hydrogen-bond acceptors (Lipinski definition) is 2. The van der Waals surface area contributed by atoms with Crippen molar-refractivity contribution >= 4 is 11.6 Å². The van der Waals surface area contributed by atoms with Crippen molar-refractivity contribution in [2.75, 3.05) is 5.32 Å².